The molecule has 0 aromatic heterocycles. The van der Waals surface area contributed by atoms with Crippen LogP contribution in [0.5, 0.6) is 0 Å². The van der Waals surface area contributed by atoms with Crippen LogP contribution < -0.4 is 0 Å². The van der Waals surface area contributed by atoms with Crippen LogP contribution in [0.1, 0.15) is 150 Å². The Morgan fingerprint density at radius 2 is 0.706 bits per heavy atom. The highest BCUT2D eigenvalue weighted by Crippen LogP contribution is 2.37. The molecule has 0 aliphatic rings. The summed E-state index contributed by atoms with van der Waals surface area (Å²) in [6.45, 7) is 14.1. The zero-order valence-electron chi connectivity index (χ0n) is 32.0. The van der Waals surface area contributed by atoms with Gasteiger partial charge in [-0.2, -0.15) is 0 Å². The van der Waals surface area contributed by atoms with Crippen LogP contribution in [0.3, 0.4) is 0 Å². The SMILES string of the molecule is CCCCC(CC)COC(=O)c1ccc2c(c1)c1ccc(C(=O)OCC(CC)CCCC)cc1c1ccc(C(=O)OCC(CC)CCCC)cc21. The van der Waals surface area contributed by atoms with Crippen molar-refractivity contribution in [2.24, 2.45) is 17.8 Å². The van der Waals surface area contributed by atoms with Crippen LogP contribution in [0.4, 0.5) is 0 Å². The van der Waals surface area contributed by atoms with Crippen LogP contribution in [0.15, 0.2) is 54.6 Å². The third-order valence-electron chi connectivity index (χ3n) is 10.6. The summed E-state index contributed by atoms with van der Waals surface area (Å²) < 4.78 is 17.5. The van der Waals surface area contributed by atoms with Gasteiger partial charge >= 0.3 is 17.9 Å². The van der Waals surface area contributed by atoms with Crippen molar-refractivity contribution in [3.8, 4) is 0 Å². The van der Waals surface area contributed by atoms with E-state index in [1.807, 2.05) is 54.6 Å². The molecule has 6 heteroatoms. The molecule has 276 valence electrons. The van der Waals surface area contributed by atoms with Gasteiger partial charge in [0.15, 0.2) is 0 Å². The van der Waals surface area contributed by atoms with Crippen LogP contribution in [0.25, 0.3) is 32.3 Å². The third kappa shape index (κ3) is 10.6. The van der Waals surface area contributed by atoms with Crippen molar-refractivity contribution in [1.82, 2.24) is 0 Å². The average molecular weight is 697 g/mol. The molecule has 0 bridgehead atoms. The number of esters is 3. The molecule has 51 heavy (non-hydrogen) atoms. The fourth-order valence-electron chi connectivity index (χ4n) is 6.91. The molecular formula is C45H60O6. The number of carbonyl (C=O) groups excluding carboxylic acids is 3. The molecule has 0 N–H and O–H groups in total. The summed E-state index contributed by atoms with van der Waals surface area (Å²) in [6.07, 6.45) is 12.7. The van der Waals surface area contributed by atoms with E-state index in [9.17, 15) is 14.4 Å². The lowest BCUT2D eigenvalue weighted by atomic mass is 9.91. The zero-order valence-corrected chi connectivity index (χ0v) is 32.0. The number of hydrogen-bond acceptors (Lipinski definition) is 6. The maximum Gasteiger partial charge on any atom is 0.338 e. The second-order valence-corrected chi connectivity index (χ2v) is 14.3. The minimum absolute atomic E-state index is 0.342. The smallest absolute Gasteiger partial charge is 0.338 e. The van der Waals surface area contributed by atoms with Gasteiger partial charge in [-0.25, -0.2) is 14.4 Å². The predicted octanol–water partition coefficient (Wildman–Crippen LogP) is 12.3. The van der Waals surface area contributed by atoms with Crippen molar-refractivity contribution in [1.29, 1.82) is 0 Å². The molecule has 0 radical (unpaired) electrons. The maximum atomic E-state index is 13.4. The van der Waals surface area contributed by atoms with Gasteiger partial charge in [0.05, 0.1) is 36.5 Å². The number of unbranched alkanes of at least 4 members (excludes halogenated alkanes) is 3. The fraction of sp³-hybridized carbons (Fsp3) is 0.533. The van der Waals surface area contributed by atoms with Gasteiger partial charge in [-0.1, -0.05) is 118 Å². The lowest BCUT2D eigenvalue weighted by molar-refractivity contribution is 0.0420. The summed E-state index contributed by atoms with van der Waals surface area (Å²) in [7, 11) is 0. The van der Waals surface area contributed by atoms with Crippen LogP contribution in [0.2, 0.25) is 0 Å². The first-order valence-electron chi connectivity index (χ1n) is 19.7. The van der Waals surface area contributed by atoms with E-state index in [1.54, 1.807) is 0 Å². The Morgan fingerprint density at radius 3 is 0.941 bits per heavy atom. The van der Waals surface area contributed by atoms with Crippen LogP contribution in [0, 0.1) is 17.8 Å². The summed E-state index contributed by atoms with van der Waals surface area (Å²) >= 11 is 0. The minimum atomic E-state index is -0.347. The van der Waals surface area contributed by atoms with Crippen LogP contribution in [-0.4, -0.2) is 37.7 Å². The summed E-state index contributed by atoms with van der Waals surface area (Å²) in [5.41, 5.74) is 1.42. The number of rotatable bonds is 21. The Hall–Kier alpha value is -3.93. The van der Waals surface area contributed by atoms with Crippen LogP contribution >= 0.6 is 0 Å². The van der Waals surface area contributed by atoms with Crippen molar-refractivity contribution >= 4 is 50.2 Å². The molecular weight excluding hydrogens is 636 g/mol. The summed E-state index contributed by atoms with van der Waals surface area (Å²) in [5.74, 6) is -0.0175. The molecule has 3 unspecified atom stereocenters. The van der Waals surface area contributed by atoms with E-state index in [1.165, 1.54) is 0 Å². The summed E-state index contributed by atoms with van der Waals surface area (Å²) in [6, 6.07) is 16.9. The molecule has 0 saturated carbocycles. The van der Waals surface area contributed by atoms with Gasteiger partial charge in [-0.15, -0.1) is 0 Å². The van der Waals surface area contributed by atoms with Crippen molar-refractivity contribution in [3.63, 3.8) is 0 Å². The lowest BCUT2D eigenvalue weighted by Crippen LogP contribution is -2.14. The van der Waals surface area contributed by atoms with E-state index < -0.39 is 0 Å². The highest BCUT2D eigenvalue weighted by atomic mass is 16.5. The molecule has 0 heterocycles. The van der Waals surface area contributed by atoms with Gasteiger partial charge in [-0.3, -0.25) is 0 Å². The number of hydrogen-bond donors (Lipinski definition) is 0. The molecule has 0 aliphatic carbocycles. The first kappa shape index (κ1) is 39.8. The van der Waals surface area contributed by atoms with Gasteiger partial charge in [0.1, 0.15) is 0 Å². The molecule has 0 saturated heterocycles. The van der Waals surface area contributed by atoms with Gasteiger partial charge in [0.25, 0.3) is 0 Å². The standard InChI is InChI=1S/C45H60O6/c1-7-13-16-31(10-4)28-49-43(46)34-19-22-37-40(25-34)38-23-20-35(44(47)50-29-32(11-5)17-14-8-2)27-42(38)39-24-21-36(26-41(37)39)45(48)51-30-33(12-6)18-15-9-3/h19-27,31-33H,7-18,28-30H2,1-6H3. The summed E-state index contributed by atoms with van der Waals surface area (Å²) in [4.78, 5) is 40.1. The second-order valence-electron chi connectivity index (χ2n) is 14.3. The normalized spacial score (nSPS) is 13.3. The molecule has 0 fully saturated rings. The maximum absolute atomic E-state index is 13.4. The Morgan fingerprint density at radius 1 is 0.431 bits per heavy atom. The van der Waals surface area contributed by atoms with Crippen molar-refractivity contribution in [2.75, 3.05) is 19.8 Å². The van der Waals surface area contributed by atoms with Gasteiger partial charge in [0.2, 0.25) is 0 Å². The van der Waals surface area contributed by atoms with Gasteiger partial charge in [0, 0.05) is 0 Å². The summed E-state index contributed by atoms with van der Waals surface area (Å²) in [5, 5.41) is 5.28. The Kier molecular flexibility index (Phi) is 15.8. The largest absolute Gasteiger partial charge is 0.462 e. The number of ether oxygens (including phenoxy) is 3. The second kappa shape index (κ2) is 20.2. The van der Waals surface area contributed by atoms with E-state index in [2.05, 4.69) is 41.5 Å². The molecule has 0 amide bonds. The van der Waals surface area contributed by atoms with Gasteiger partial charge < -0.3 is 14.2 Å². The molecule has 4 aromatic carbocycles. The van der Waals surface area contributed by atoms with E-state index >= 15 is 0 Å². The molecule has 4 aromatic rings. The third-order valence-corrected chi connectivity index (χ3v) is 10.6. The van der Waals surface area contributed by atoms with Crippen molar-refractivity contribution in [3.05, 3.63) is 71.3 Å². The van der Waals surface area contributed by atoms with E-state index in [-0.39, 0.29) is 17.9 Å². The Bertz CT molecular complexity index is 1520. The lowest BCUT2D eigenvalue weighted by Gasteiger charge is -2.17. The Balaban J connectivity index is 1.74. The van der Waals surface area contributed by atoms with E-state index in [0.717, 1.165) is 109 Å². The molecule has 3 atom stereocenters. The quantitative estimate of drug-likeness (QED) is 0.0490. The Labute approximate surface area is 305 Å². The number of fused-ring (bicyclic) bond motifs is 6. The molecule has 4 rings (SSSR count). The zero-order chi connectivity index (χ0) is 36.8. The van der Waals surface area contributed by atoms with Crippen LogP contribution in [-0.2, 0) is 14.2 Å². The van der Waals surface area contributed by atoms with Crippen molar-refractivity contribution < 1.29 is 28.6 Å². The number of carbonyl (C=O) groups is 3. The van der Waals surface area contributed by atoms with Crippen molar-refractivity contribution in [2.45, 2.75) is 119 Å². The molecule has 0 aliphatic heterocycles. The first-order valence-corrected chi connectivity index (χ1v) is 19.7. The van der Waals surface area contributed by atoms with E-state index in [0.29, 0.717) is 54.3 Å². The predicted molar refractivity (Wildman–Crippen MR) is 210 cm³/mol. The highest BCUT2D eigenvalue weighted by molar-refractivity contribution is 6.27. The average Bonchev–Trinajstić information content (AvgIpc) is 3.17. The first-order chi connectivity index (χ1) is 24.8. The molecule has 6 nitrogen and oxygen atoms in total. The van der Waals surface area contributed by atoms with Gasteiger partial charge in [-0.05, 0) is 106 Å². The minimum Gasteiger partial charge on any atom is -0.462 e. The topological polar surface area (TPSA) is 78.9 Å². The van der Waals surface area contributed by atoms with E-state index in [4.69, 9.17) is 14.2 Å². The monoisotopic (exact) mass is 696 g/mol. The fourth-order valence-corrected chi connectivity index (χ4v) is 6.91. The number of benzene rings is 4. The molecule has 0 spiro atoms. The highest BCUT2D eigenvalue weighted by Gasteiger charge is 2.19.